The van der Waals surface area contributed by atoms with Gasteiger partial charge in [0.05, 0.1) is 0 Å². The van der Waals surface area contributed by atoms with Crippen molar-refractivity contribution in [3.05, 3.63) is 35.9 Å². The first-order valence-corrected chi connectivity index (χ1v) is 7.21. The molecule has 1 atom stereocenters. The number of hydrogen-bond acceptors (Lipinski definition) is 1. The average Bonchev–Trinajstić information content (AvgIpc) is 2.67. The summed E-state index contributed by atoms with van der Waals surface area (Å²) in [6.45, 7) is 10.5. The molecule has 0 bridgehead atoms. The molecule has 100 valence electrons. The second-order valence-electron chi connectivity index (χ2n) is 7.06. The van der Waals surface area contributed by atoms with E-state index in [1.165, 1.54) is 24.8 Å². The highest BCUT2D eigenvalue weighted by molar-refractivity contribution is 5.24. The van der Waals surface area contributed by atoms with Crippen LogP contribution in [0.2, 0.25) is 0 Å². The first kappa shape index (κ1) is 13.6. The van der Waals surface area contributed by atoms with Crippen LogP contribution in [-0.4, -0.2) is 12.6 Å². The van der Waals surface area contributed by atoms with Crippen LogP contribution in [0.25, 0.3) is 0 Å². The minimum absolute atomic E-state index is 0.208. The maximum atomic E-state index is 3.81. The second kappa shape index (κ2) is 5.05. The highest BCUT2D eigenvalue weighted by Crippen LogP contribution is 2.37. The molecule has 0 spiro atoms. The third-order valence-electron chi connectivity index (χ3n) is 4.60. The van der Waals surface area contributed by atoms with Gasteiger partial charge in [-0.2, -0.15) is 0 Å². The SMILES string of the molecule is CC(C)(CNC1CCCC1(C)C)c1ccccc1. The zero-order valence-electron chi connectivity index (χ0n) is 12.3. The van der Waals surface area contributed by atoms with E-state index in [2.05, 4.69) is 63.3 Å². The molecule has 18 heavy (non-hydrogen) atoms. The Labute approximate surface area is 112 Å². The van der Waals surface area contributed by atoms with E-state index in [1.807, 2.05) is 0 Å². The van der Waals surface area contributed by atoms with E-state index >= 15 is 0 Å². The van der Waals surface area contributed by atoms with Gasteiger partial charge in [0.1, 0.15) is 0 Å². The van der Waals surface area contributed by atoms with Crippen molar-refractivity contribution in [2.24, 2.45) is 5.41 Å². The van der Waals surface area contributed by atoms with Gasteiger partial charge < -0.3 is 5.32 Å². The van der Waals surface area contributed by atoms with Crippen molar-refractivity contribution in [3.8, 4) is 0 Å². The maximum Gasteiger partial charge on any atom is 0.0119 e. The van der Waals surface area contributed by atoms with Crippen molar-refractivity contribution >= 4 is 0 Å². The molecule has 0 amide bonds. The van der Waals surface area contributed by atoms with Crippen LogP contribution in [-0.2, 0) is 5.41 Å². The van der Waals surface area contributed by atoms with Crippen molar-refractivity contribution in [1.29, 1.82) is 0 Å². The highest BCUT2D eigenvalue weighted by Gasteiger charge is 2.35. The van der Waals surface area contributed by atoms with Gasteiger partial charge in [-0.1, -0.05) is 64.4 Å². The largest absolute Gasteiger partial charge is 0.313 e. The summed E-state index contributed by atoms with van der Waals surface area (Å²) in [4.78, 5) is 0. The van der Waals surface area contributed by atoms with Gasteiger partial charge in [0.2, 0.25) is 0 Å². The smallest absolute Gasteiger partial charge is 0.0119 e. The molecule has 2 rings (SSSR count). The molecule has 1 heteroatoms. The quantitative estimate of drug-likeness (QED) is 0.841. The standard InChI is InChI=1S/C17H27N/c1-16(2)12-8-11-15(16)18-13-17(3,4)14-9-6-5-7-10-14/h5-7,9-10,15,18H,8,11-13H2,1-4H3. The molecule has 1 aliphatic rings. The minimum atomic E-state index is 0.208. The minimum Gasteiger partial charge on any atom is -0.313 e. The topological polar surface area (TPSA) is 12.0 Å². The molecule has 1 unspecified atom stereocenters. The molecule has 1 aliphatic carbocycles. The lowest BCUT2D eigenvalue weighted by Crippen LogP contribution is -2.43. The van der Waals surface area contributed by atoms with E-state index in [-0.39, 0.29) is 5.41 Å². The van der Waals surface area contributed by atoms with Gasteiger partial charge in [-0.3, -0.25) is 0 Å². The molecule has 0 aromatic heterocycles. The predicted molar refractivity (Wildman–Crippen MR) is 78.9 cm³/mol. The number of benzene rings is 1. The van der Waals surface area contributed by atoms with Crippen LogP contribution in [0.15, 0.2) is 30.3 Å². The van der Waals surface area contributed by atoms with Crippen molar-refractivity contribution in [3.63, 3.8) is 0 Å². The van der Waals surface area contributed by atoms with E-state index in [9.17, 15) is 0 Å². The van der Waals surface area contributed by atoms with Crippen LogP contribution >= 0.6 is 0 Å². The van der Waals surface area contributed by atoms with E-state index in [4.69, 9.17) is 0 Å². The Morgan fingerprint density at radius 1 is 1.22 bits per heavy atom. The van der Waals surface area contributed by atoms with E-state index in [1.54, 1.807) is 0 Å². The van der Waals surface area contributed by atoms with Crippen molar-refractivity contribution in [2.75, 3.05) is 6.54 Å². The summed E-state index contributed by atoms with van der Waals surface area (Å²) in [5, 5.41) is 3.81. The van der Waals surface area contributed by atoms with Crippen LogP contribution in [0.5, 0.6) is 0 Å². The van der Waals surface area contributed by atoms with Crippen LogP contribution < -0.4 is 5.32 Å². The summed E-state index contributed by atoms with van der Waals surface area (Å²) in [6.07, 6.45) is 4.06. The molecule has 0 saturated heterocycles. The average molecular weight is 245 g/mol. The van der Waals surface area contributed by atoms with Crippen LogP contribution in [0, 0.1) is 5.41 Å². The van der Waals surface area contributed by atoms with Gasteiger partial charge in [0, 0.05) is 18.0 Å². The lowest BCUT2D eigenvalue weighted by atomic mass is 9.82. The summed E-state index contributed by atoms with van der Waals surface area (Å²) in [6, 6.07) is 11.5. The Kier molecular flexibility index (Phi) is 3.82. The van der Waals surface area contributed by atoms with Crippen LogP contribution in [0.3, 0.4) is 0 Å². The molecule has 1 fully saturated rings. The molecule has 1 saturated carbocycles. The van der Waals surface area contributed by atoms with E-state index in [0.29, 0.717) is 11.5 Å². The van der Waals surface area contributed by atoms with Gasteiger partial charge in [0.15, 0.2) is 0 Å². The number of hydrogen-bond donors (Lipinski definition) is 1. The summed E-state index contributed by atoms with van der Waals surface area (Å²) in [7, 11) is 0. The number of nitrogens with one attached hydrogen (secondary N) is 1. The van der Waals surface area contributed by atoms with Crippen molar-refractivity contribution in [2.45, 2.75) is 58.4 Å². The Morgan fingerprint density at radius 2 is 1.89 bits per heavy atom. The summed E-state index contributed by atoms with van der Waals surface area (Å²) >= 11 is 0. The molecule has 0 aliphatic heterocycles. The van der Waals surface area contributed by atoms with Crippen molar-refractivity contribution < 1.29 is 0 Å². The first-order chi connectivity index (χ1) is 8.42. The zero-order chi connectivity index (χ0) is 13.2. The fourth-order valence-electron chi connectivity index (χ4n) is 3.07. The monoisotopic (exact) mass is 245 g/mol. The third-order valence-corrected chi connectivity index (χ3v) is 4.60. The molecule has 1 aromatic rings. The van der Waals surface area contributed by atoms with Gasteiger partial charge >= 0.3 is 0 Å². The highest BCUT2D eigenvalue weighted by atomic mass is 14.9. The molecule has 0 heterocycles. The first-order valence-electron chi connectivity index (χ1n) is 7.21. The van der Waals surface area contributed by atoms with Gasteiger partial charge in [0.25, 0.3) is 0 Å². The lowest BCUT2D eigenvalue weighted by molar-refractivity contribution is 0.268. The second-order valence-corrected chi connectivity index (χ2v) is 7.06. The Morgan fingerprint density at radius 3 is 2.44 bits per heavy atom. The summed E-state index contributed by atoms with van der Waals surface area (Å²) in [5.74, 6) is 0. The molecule has 0 radical (unpaired) electrons. The Bertz CT molecular complexity index is 378. The third kappa shape index (κ3) is 2.95. The zero-order valence-corrected chi connectivity index (χ0v) is 12.3. The molecule has 1 N–H and O–H groups in total. The van der Waals surface area contributed by atoms with E-state index < -0.39 is 0 Å². The summed E-state index contributed by atoms with van der Waals surface area (Å²) < 4.78 is 0. The van der Waals surface area contributed by atoms with Crippen LogP contribution in [0.4, 0.5) is 0 Å². The molecular weight excluding hydrogens is 218 g/mol. The maximum absolute atomic E-state index is 3.81. The Balaban J connectivity index is 1.97. The van der Waals surface area contributed by atoms with E-state index in [0.717, 1.165) is 6.54 Å². The molecule has 1 nitrogen and oxygen atoms in total. The normalized spacial score (nSPS) is 23.2. The number of rotatable bonds is 4. The fraction of sp³-hybridized carbons (Fsp3) is 0.647. The van der Waals surface area contributed by atoms with Gasteiger partial charge in [-0.05, 0) is 23.8 Å². The van der Waals surface area contributed by atoms with Gasteiger partial charge in [-0.15, -0.1) is 0 Å². The predicted octanol–water partition coefficient (Wildman–Crippen LogP) is 4.13. The summed E-state index contributed by atoms with van der Waals surface area (Å²) in [5.41, 5.74) is 2.10. The fourth-order valence-corrected chi connectivity index (χ4v) is 3.07. The molecular formula is C17H27N. The molecule has 1 aromatic carbocycles. The van der Waals surface area contributed by atoms with Crippen molar-refractivity contribution in [1.82, 2.24) is 5.32 Å². The van der Waals surface area contributed by atoms with Crippen LogP contribution in [0.1, 0.15) is 52.5 Å². The Hall–Kier alpha value is -0.820. The van der Waals surface area contributed by atoms with Gasteiger partial charge in [-0.25, -0.2) is 0 Å². The lowest BCUT2D eigenvalue weighted by Gasteiger charge is -2.33.